The summed E-state index contributed by atoms with van der Waals surface area (Å²) in [4.78, 5) is 12.3. The van der Waals surface area contributed by atoms with Gasteiger partial charge in [-0.05, 0) is 47.9 Å². The molecule has 0 unspecified atom stereocenters. The molecule has 5 heteroatoms. The van der Waals surface area contributed by atoms with Crippen LogP contribution in [0.3, 0.4) is 0 Å². The monoisotopic (exact) mass is 310 g/mol. The largest absolute Gasteiger partial charge is 0.454 e. The molecule has 0 fully saturated rings. The van der Waals surface area contributed by atoms with E-state index >= 15 is 0 Å². The third kappa shape index (κ3) is 2.87. The number of Topliss-reactive ketones (excluding diaryl/α,β-unsaturated/α-hetero) is 1. The fourth-order valence-corrected chi connectivity index (χ4v) is 2.95. The molecule has 5 nitrogen and oxygen atoms in total. The Morgan fingerprint density at radius 3 is 3.00 bits per heavy atom. The van der Waals surface area contributed by atoms with Crippen LogP contribution in [0.1, 0.15) is 21.5 Å². The first-order valence-electron chi connectivity index (χ1n) is 7.79. The fraction of sp³-hybridized carbons (Fsp3) is 0.278. The topological polar surface area (TPSA) is 59.6 Å². The SMILES string of the molecule is O=C(CNCc1ccc2c(c1)OCO2)c1ccc2c(c1)CCN2. The molecule has 0 amide bonds. The summed E-state index contributed by atoms with van der Waals surface area (Å²) in [6, 6.07) is 11.7. The molecule has 118 valence electrons. The number of carbonyl (C=O) groups is 1. The maximum Gasteiger partial charge on any atom is 0.231 e. The van der Waals surface area contributed by atoms with Crippen molar-refractivity contribution in [2.75, 3.05) is 25.2 Å². The van der Waals surface area contributed by atoms with Gasteiger partial charge in [0.05, 0.1) is 6.54 Å². The van der Waals surface area contributed by atoms with Crippen LogP contribution in [0.2, 0.25) is 0 Å². The number of carbonyl (C=O) groups excluding carboxylic acids is 1. The van der Waals surface area contributed by atoms with Crippen LogP contribution in [0, 0.1) is 0 Å². The van der Waals surface area contributed by atoms with E-state index in [-0.39, 0.29) is 12.6 Å². The van der Waals surface area contributed by atoms with Crippen LogP contribution in [0.15, 0.2) is 36.4 Å². The van der Waals surface area contributed by atoms with E-state index in [1.54, 1.807) is 0 Å². The highest BCUT2D eigenvalue weighted by Crippen LogP contribution is 2.32. The summed E-state index contributed by atoms with van der Waals surface area (Å²) in [5, 5.41) is 6.50. The fourth-order valence-electron chi connectivity index (χ4n) is 2.95. The van der Waals surface area contributed by atoms with Crippen LogP contribution in [-0.4, -0.2) is 25.7 Å². The Morgan fingerprint density at radius 2 is 2.04 bits per heavy atom. The minimum atomic E-state index is 0.112. The second-order valence-electron chi connectivity index (χ2n) is 5.76. The molecule has 0 saturated heterocycles. The highest BCUT2D eigenvalue weighted by Gasteiger charge is 2.15. The Bertz CT molecular complexity index is 758. The third-order valence-electron chi connectivity index (χ3n) is 4.19. The first-order chi connectivity index (χ1) is 11.3. The van der Waals surface area contributed by atoms with Crippen LogP contribution in [-0.2, 0) is 13.0 Å². The van der Waals surface area contributed by atoms with Gasteiger partial charge in [-0.3, -0.25) is 4.79 Å². The lowest BCUT2D eigenvalue weighted by Crippen LogP contribution is -2.22. The Labute approximate surface area is 134 Å². The van der Waals surface area contributed by atoms with E-state index in [9.17, 15) is 4.79 Å². The number of anilines is 1. The van der Waals surface area contributed by atoms with Gasteiger partial charge in [-0.25, -0.2) is 0 Å². The van der Waals surface area contributed by atoms with Crippen molar-refractivity contribution in [2.45, 2.75) is 13.0 Å². The number of hydrogen-bond donors (Lipinski definition) is 2. The number of ether oxygens (including phenoxy) is 2. The molecule has 0 spiro atoms. The molecule has 2 aromatic carbocycles. The average Bonchev–Trinajstić information content (AvgIpc) is 3.22. The van der Waals surface area contributed by atoms with E-state index in [0.29, 0.717) is 13.1 Å². The maximum absolute atomic E-state index is 12.3. The maximum atomic E-state index is 12.3. The predicted molar refractivity (Wildman–Crippen MR) is 87.2 cm³/mol. The Hall–Kier alpha value is -2.53. The van der Waals surface area contributed by atoms with Gasteiger partial charge in [0.1, 0.15) is 0 Å². The molecular formula is C18H18N2O3. The molecule has 0 aliphatic carbocycles. The highest BCUT2D eigenvalue weighted by molar-refractivity contribution is 5.98. The van der Waals surface area contributed by atoms with Gasteiger partial charge in [0, 0.05) is 24.3 Å². The smallest absolute Gasteiger partial charge is 0.231 e. The lowest BCUT2D eigenvalue weighted by atomic mass is 10.1. The summed E-state index contributed by atoms with van der Waals surface area (Å²) in [6.07, 6.45) is 0.987. The molecule has 0 bridgehead atoms. The highest BCUT2D eigenvalue weighted by atomic mass is 16.7. The van der Waals surface area contributed by atoms with Gasteiger partial charge in [0.2, 0.25) is 6.79 Å². The molecule has 0 aromatic heterocycles. The minimum Gasteiger partial charge on any atom is -0.454 e. The number of rotatable bonds is 5. The van der Waals surface area contributed by atoms with Crippen LogP contribution in [0.25, 0.3) is 0 Å². The summed E-state index contributed by atoms with van der Waals surface area (Å²) in [7, 11) is 0. The minimum absolute atomic E-state index is 0.112. The van der Waals surface area contributed by atoms with Crippen LogP contribution >= 0.6 is 0 Å². The average molecular weight is 310 g/mol. The van der Waals surface area contributed by atoms with Gasteiger partial charge < -0.3 is 20.1 Å². The molecule has 2 aliphatic rings. The first-order valence-corrected chi connectivity index (χ1v) is 7.79. The van der Waals surface area contributed by atoms with Gasteiger partial charge in [-0.1, -0.05) is 6.07 Å². The zero-order chi connectivity index (χ0) is 15.6. The van der Waals surface area contributed by atoms with E-state index in [0.717, 1.165) is 41.3 Å². The Balaban J connectivity index is 1.35. The van der Waals surface area contributed by atoms with Crippen LogP contribution in [0.4, 0.5) is 5.69 Å². The lowest BCUT2D eigenvalue weighted by Gasteiger charge is -2.07. The zero-order valence-electron chi connectivity index (χ0n) is 12.7. The molecule has 2 N–H and O–H groups in total. The molecule has 2 heterocycles. The number of benzene rings is 2. The van der Waals surface area contributed by atoms with E-state index in [4.69, 9.17) is 9.47 Å². The second kappa shape index (κ2) is 5.93. The van der Waals surface area contributed by atoms with Crippen molar-refractivity contribution in [3.05, 3.63) is 53.1 Å². The standard InChI is InChI=1S/C18H18N2O3/c21-16(14-2-3-15-13(8-14)5-6-20-15)10-19-9-12-1-4-17-18(7-12)23-11-22-17/h1-4,7-8,19-20H,5-6,9-11H2. The van der Waals surface area contributed by atoms with Gasteiger partial charge in [0.15, 0.2) is 17.3 Å². The van der Waals surface area contributed by atoms with Gasteiger partial charge >= 0.3 is 0 Å². The second-order valence-corrected chi connectivity index (χ2v) is 5.76. The van der Waals surface area contributed by atoms with Crippen molar-refractivity contribution in [3.8, 4) is 11.5 Å². The Morgan fingerprint density at radius 1 is 1.13 bits per heavy atom. The molecule has 2 aromatic rings. The van der Waals surface area contributed by atoms with Gasteiger partial charge in [-0.2, -0.15) is 0 Å². The van der Waals surface area contributed by atoms with Crippen molar-refractivity contribution < 1.29 is 14.3 Å². The van der Waals surface area contributed by atoms with E-state index in [2.05, 4.69) is 10.6 Å². The number of hydrogen-bond acceptors (Lipinski definition) is 5. The van der Waals surface area contributed by atoms with Gasteiger partial charge in [-0.15, -0.1) is 0 Å². The van der Waals surface area contributed by atoms with Gasteiger partial charge in [0.25, 0.3) is 0 Å². The number of ketones is 1. The van der Waals surface area contributed by atoms with Crippen molar-refractivity contribution in [1.82, 2.24) is 5.32 Å². The summed E-state index contributed by atoms with van der Waals surface area (Å²) < 4.78 is 10.6. The van der Waals surface area contributed by atoms with Crippen molar-refractivity contribution >= 4 is 11.5 Å². The first kappa shape index (κ1) is 14.1. The van der Waals surface area contributed by atoms with E-state index in [1.165, 1.54) is 5.56 Å². The molecular weight excluding hydrogens is 292 g/mol. The third-order valence-corrected chi connectivity index (χ3v) is 4.19. The zero-order valence-corrected chi connectivity index (χ0v) is 12.7. The number of nitrogens with one attached hydrogen (secondary N) is 2. The van der Waals surface area contributed by atoms with E-state index in [1.807, 2.05) is 36.4 Å². The molecule has 0 atom stereocenters. The van der Waals surface area contributed by atoms with Crippen molar-refractivity contribution in [3.63, 3.8) is 0 Å². The summed E-state index contributed by atoms with van der Waals surface area (Å²) >= 11 is 0. The summed E-state index contributed by atoms with van der Waals surface area (Å²) in [5.41, 5.74) is 4.22. The van der Waals surface area contributed by atoms with Crippen molar-refractivity contribution in [1.29, 1.82) is 0 Å². The molecule has 0 radical (unpaired) electrons. The normalized spacial score (nSPS) is 14.4. The summed E-state index contributed by atoms with van der Waals surface area (Å²) in [5.74, 6) is 1.65. The number of fused-ring (bicyclic) bond motifs is 2. The predicted octanol–water partition coefficient (Wildman–Crippen LogP) is 2.36. The van der Waals surface area contributed by atoms with Crippen LogP contribution in [0.5, 0.6) is 11.5 Å². The molecule has 2 aliphatic heterocycles. The summed E-state index contributed by atoms with van der Waals surface area (Å²) in [6.45, 7) is 2.17. The molecule has 0 saturated carbocycles. The molecule has 23 heavy (non-hydrogen) atoms. The quantitative estimate of drug-likeness (QED) is 0.830. The van der Waals surface area contributed by atoms with Crippen molar-refractivity contribution in [2.24, 2.45) is 0 Å². The lowest BCUT2D eigenvalue weighted by molar-refractivity contribution is 0.0990. The Kier molecular flexibility index (Phi) is 3.63. The van der Waals surface area contributed by atoms with Crippen LogP contribution < -0.4 is 20.1 Å². The molecule has 4 rings (SSSR count). The van der Waals surface area contributed by atoms with E-state index < -0.39 is 0 Å².